The Morgan fingerprint density at radius 3 is 2.18 bits per heavy atom. The van der Waals surface area contributed by atoms with Crippen LogP contribution in [-0.4, -0.2) is 24.3 Å². The Bertz CT molecular complexity index is 148. The first-order chi connectivity index (χ1) is 8.26. The van der Waals surface area contributed by atoms with E-state index in [1.807, 2.05) is 0 Å². The van der Waals surface area contributed by atoms with Crippen LogP contribution in [0.2, 0.25) is 0 Å². The zero-order valence-corrected chi connectivity index (χ0v) is 12.2. The lowest BCUT2D eigenvalue weighted by Gasteiger charge is -2.26. The molecule has 0 aromatic rings. The summed E-state index contributed by atoms with van der Waals surface area (Å²) in [4.78, 5) is 0. The van der Waals surface area contributed by atoms with E-state index in [-0.39, 0.29) is 0 Å². The maximum atomic E-state index is 8.07. The zero-order chi connectivity index (χ0) is 12.9. The number of hydrogen-bond acceptors (Lipinski definition) is 2. The van der Waals surface area contributed by atoms with Gasteiger partial charge >= 0.3 is 0 Å². The van der Waals surface area contributed by atoms with Crippen molar-refractivity contribution >= 4 is 0 Å². The van der Waals surface area contributed by atoms with Gasteiger partial charge in [-0.3, -0.25) is 0 Å². The van der Waals surface area contributed by atoms with E-state index < -0.39 is 0 Å². The average Bonchev–Trinajstić information content (AvgIpc) is 2.31. The summed E-state index contributed by atoms with van der Waals surface area (Å²) in [6.45, 7) is 8.14. The van der Waals surface area contributed by atoms with Gasteiger partial charge in [0, 0.05) is 12.6 Å². The van der Waals surface area contributed by atoms with Crippen LogP contribution in [0.3, 0.4) is 0 Å². The number of rotatable bonds is 4. The minimum absolute atomic E-state index is 0.344. The third-order valence-electron chi connectivity index (χ3n) is 3.59. The summed E-state index contributed by atoms with van der Waals surface area (Å²) in [6.07, 6.45) is 10.7. The van der Waals surface area contributed by atoms with Crippen LogP contribution in [0.25, 0.3) is 0 Å². The molecular formula is C15H33NO. The molecule has 17 heavy (non-hydrogen) atoms. The maximum absolute atomic E-state index is 8.07. The van der Waals surface area contributed by atoms with Gasteiger partial charge in [0.15, 0.2) is 0 Å². The number of aliphatic hydroxyl groups excluding tert-OH is 1. The first-order valence-corrected chi connectivity index (χ1v) is 7.60. The van der Waals surface area contributed by atoms with E-state index in [1.165, 1.54) is 38.5 Å². The topological polar surface area (TPSA) is 32.3 Å². The van der Waals surface area contributed by atoms with Crippen molar-refractivity contribution in [1.82, 2.24) is 5.32 Å². The van der Waals surface area contributed by atoms with Crippen molar-refractivity contribution in [3.05, 3.63) is 0 Å². The lowest BCUT2D eigenvalue weighted by atomic mass is 9.88. The molecule has 0 aliphatic heterocycles. The van der Waals surface area contributed by atoms with Crippen LogP contribution in [0.5, 0.6) is 0 Å². The van der Waals surface area contributed by atoms with E-state index in [0.717, 1.165) is 31.3 Å². The summed E-state index contributed by atoms with van der Waals surface area (Å²) < 4.78 is 0. The minimum atomic E-state index is 0.344. The smallest absolute Gasteiger partial charge is 0.0430 e. The maximum Gasteiger partial charge on any atom is 0.0430 e. The molecule has 1 fully saturated rings. The number of hydrogen-bond donors (Lipinski definition) is 2. The molecule has 2 heteroatoms. The van der Waals surface area contributed by atoms with E-state index in [0.29, 0.717) is 6.61 Å². The first kappa shape index (κ1) is 16.9. The van der Waals surface area contributed by atoms with E-state index in [4.69, 9.17) is 5.11 Å². The Labute approximate surface area is 108 Å². The van der Waals surface area contributed by atoms with Crippen molar-refractivity contribution in [3.8, 4) is 0 Å². The van der Waals surface area contributed by atoms with Crippen LogP contribution in [0.15, 0.2) is 0 Å². The van der Waals surface area contributed by atoms with Gasteiger partial charge in [0.2, 0.25) is 0 Å². The Kier molecular flexibility index (Phi) is 12.3. The highest BCUT2D eigenvalue weighted by Gasteiger charge is 2.16. The average molecular weight is 243 g/mol. The van der Waals surface area contributed by atoms with Gasteiger partial charge in [0.1, 0.15) is 0 Å². The summed E-state index contributed by atoms with van der Waals surface area (Å²) in [5, 5.41) is 11.7. The predicted molar refractivity (Wildman–Crippen MR) is 76.3 cm³/mol. The lowest BCUT2D eigenvalue weighted by Crippen LogP contribution is -2.35. The van der Waals surface area contributed by atoms with Gasteiger partial charge < -0.3 is 10.4 Å². The normalized spacial score (nSPS) is 25.4. The number of aliphatic hydroxyl groups is 1. The standard InChI is InChI=1S/C11H23N.C4H10O/c1-3-12-11-9-7-5-4-6-8-10(11)2;1-2-3-4-5/h10-12H,3-9H2,1-2H3;5H,2-4H2,1H3. The van der Waals surface area contributed by atoms with Crippen molar-refractivity contribution < 1.29 is 5.11 Å². The molecule has 1 rings (SSSR count). The van der Waals surface area contributed by atoms with Gasteiger partial charge in [-0.1, -0.05) is 52.9 Å². The van der Waals surface area contributed by atoms with Crippen LogP contribution in [-0.2, 0) is 0 Å². The van der Waals surface area contributed by atoms with E-state index in [9.17, 15) is 0 Å². The van der Waals surface area contributed by atoms with Gasteiger partial charge in [0.05, 0.1) is 0 Å². The Balaban J connectivity index is 0.000000437. The molecule has 1 aliphatic carbocycles. The van der Waals surface area contributed by atoms with E-state index in [2.05, 4.69) is 26.1 Å². The highest BCUT2D eigenvalue weighted by atomic mass is 16.2. The molecule has 0 radical (unpaired) electrons. The summed E-state index contributed by atoms with van der Waals surface area (Å²) in [6, 6.07) is 0.801. The second kappa shape index (κ2) is 12.4. The molecular weight excluding hydrogens is 210 g/mol. The summed E-state index contributed by atoms with van der Waals surface area (Å²) >= 11 is 0. The SMILES string of the molecule is CCCCO.CCNC1CCCCCCC1C. The van der Waals surface area contributed by atoms with Crippen molar-refractivity contribution in [1.29, 1.82) is 0 Å². The monoisotopic (exact) mass is 243 g/mol. The molecule has 104 valence electrons. The highest BCUT2D eigenvalue weighted by Crippen LogP contribution is 2.22. The summed E-state index contributed by atoms with van der Waals surface area (Å²) in [7, 11) is 0. The molecule has 0 aromatic carbocycles. The molecule has 2 atom stereocenters. The molecule has 2 N–H and O–H groups in total. The number of unbranched alkanes of at least 4 members (excludes halogenated alkanes) is 1. The fourth-order valence-corrected chi connectivity index (χ4v) is 2.39. The van der Waals surface area contributed by atoms with E-state index >= 15 is 0 Å². The molecule has 0 bridgehead atoms. The molecule has 2 unspecified atom stereocenters. The summed E-state index contributed by atoms with van der Waals surface area (Å²) in [5.41, 5.74) is 0. The van der Waals surface area contributed by atoms with Crippen LogP contribution in [0.4, 0.5) is 0 Å². The van der Waals surface area contributed by atoms with Crippen LogP contribution in [0, 0.1) is 5.92 Å². The fourth-order valence-electron chi connectivity index (χ4n) is 2.39. The molecule has 0 aromatic heterocycles. The van der Waals surface area contributed by atoms with Crippen LogP contribution in [0.1, 0.15) is 72.1 Å². The third-order valence-corrected chi connectivity index (χ3v) is 3.59. The van der Waals surface area contributed by atoms with Gasteiger partial charge in [-0.15, -0.1) is 0 Å². The van der Waals surface area contributed by atoms with E-state index in [1.54, 1.807) is 0 Å². The molecule has 0 spiro atoms. The number of nitrogens with one attached hydrogen (secondary N) is 1. The van der Waals surface area contributed by atoms with Crippen LogP contribution < -0.4 is 5.32 Å². The first-order valence-electron chi connectivity index (χ1n) is 7.60. The Morgan fingerprint density at radius 1 is 1.06 bits per heavy atom. The van der Waals surface area contributed by atoms with Crippen molar-refractivity contribution in [3.63, 3.8) is 0 Å². The Hall–Kier alpha value is -0.0800. The second-order valence-corrected chi connectivity index (χ2v) is 5.21. The second-order valence-electron chi connectivity index (χ2n) is 5.21. The largest absolute Gasteiger partial charge is 0.396 e. The fraction of sp³-hybridized carbons (Fsp3) is 1.00. The molecule has 0 saturated heterocycles. The van der Waals surface area contributed by atoms with Crippen LogP contribution >= 0.6 is 0 Å². The predicted octanol–water partition coefficient (Wildman–Crippen LogP) is 3.73. The molecule has 0 amide bonds. The zero-order valence-electron chi connectivity index (χ0n) is 12.2. The third kappa shape index (κ3) is 9.61. The lowest BCUT2D eigenvalue weighted by molar-refractivity contribution is 0.287. The van der Waals surface area contributed by atoms with Crippen molar-refractivity contribution in [2.75, 3.05) is 13.2 Å². The Morgan fingerprint density at radius 2 is 1.71 bits per heavy atom. The highest BCUT2D eigenvalue weighted by molar-refractivity contribution is 4.74. The molecule has 2 nitrogen and oxygen atoms in total. The van der Waals surface area contributed by atoms with Gasteiger partial charge in [-0.25, -0.2) is 0 Å². The van der Waals surface area contributed by atoms with Crippen molar-refractivity contribution in [2.24, 2.45) is 5.92 Å². The minimum Gasteiger partial charge on any atom is -0.396 e. The molecule has 1 saturated carbocycles. The van der Waals surface area contributed by atoms with Crippen molar-refractivity contribution in [2.45, 2.75) is 78.2 Å². The van der Waals surface area contributed by atoms with Gasteiger partial charge in [-0.2, -0.15) is 0 Å². The van der Waals surface area contributed by atoms with Gasteiger partial charge in [0.25, 0.3) is 0 Å². The quantitative estimate of drug-likeness (QED) is 0.788. The molecule has 1 aliphatic rings. The summed E-state index contributed by atoms with van der Waals surface area (Å²) in [5.74, 6) is 0.894. The molecule has 0 heterocycles. The van der Waals surface area contributed by atoms with Gasteiger partial charge in [-0.05, 0) is 31.7 Å².